The molecular weight excluding hydrogens is 252 g/mol. The van der Waals surface area contributed by atoms with Crippen molar-refractivity contribution in [1.29, 1.82) is 0 Å². The first-order valence-corrected chi connectivity index (χ1v) is 6.71. The van der Waals surface area contributed by atoms with Gasteiger partial charge in [-0.25, -0.2) is 0 Å². The highest BCUT2D eigenvalue weighted by Gasteiger charge is 2.16. The maximum Gasteiger partial charge on any atom is 0.292 e. The molecule has 2 aromatic rings. The van der Waals surface area contributed by atoms with Crippen LogP contribution in [0.15, 0.2) is 42.5 Å². The summed E-state index contributed by atoms with van der Waals surface area (Å²) in [5, 5.41) is 11.1. The molecule has 0 aliphatic rings. The van der Waals surface area contributed by atoms with Crippen LogP contribution < -0.4 is 5.73 Å². The molecule has 104 valence electrons. The average molecular weight is 270 g/mol. The van der Waals surface area contributed by atoms with Crippen LogP contribution in [0.25, 0.3) is 0 Å². The second-order valence-corrected chi connectivity index (χ2v) is 4.86. The molecule has 0 aliphatic heterocycles. The second-order valence-electron chi connectivity index (χ2n) is 4.86. The summed E-state index contributed by atoms with van der Waals surface area (Å²) in [6, 6.07) is 13.5. The summed E-state index contributed by atoms with van der Waals surface area (Å²) in [6.45, 7) is 2.04. The molecule has 0 unspecified atom stereocenters. The van der Waals surface area contributed by atoms with Gasteiger partial charge >= 0.3 is 0 Å². The van der Waals surface area contributed by atoms with E-state index in [-0.39, 0.29) is 5.69 Å². The minimum Gasteiger partial charge on any atom is -0.393 e. The van der Waals surface area contributed by atoms with E-state index in [2.05, 4.69) is 0 Å². The molecular formula is C16H18N2O2. The zero-order valence-corrected chi connectivity index (χ0v) is 11.5. The summed E-state index contributed by atoms with van der Waals surface area (Å²) in [6.07, 6.45) is 2.35. The fourth-order valence-electron chi connectivity index (χ4n) is 2.32. The Morgan fingerprint density at radius 1 is 1.15 bits per heavy atom. The van der Waals surface area contributed by atoms with E-state index in [0.29, 0.717) is 12.1 Å². The highest BCUT2D eigenvalue weighted by Crippen LogP contribution is 2.29. The topological polar surface area (TPSA) is 69.2 Å². The molecule has 2 aromatic carbocycles. The number of nitro benzene ring substituents is 1. The number of aryl methyl sites for hydroxylation is 1. The van der Waals surface area contributed by atoms with E-state index in [0.717, 1.165) is 29.5 Å². The standard InChI is InChI=1S/C16H18N2O2/c1-2-6-14-10-13(9-12-7-4-3-5-8-12)11-15(16(14)17)18(19)20/h3-5,7-8,10-11H,2,6,9,17H2,1H3. The number of benzene rings is 2. The smallest absolute Gasteiger partial charge is 0.292 e. The Hall–Kier alpha value is -2.36. The highest BCUT2D eigenvalue weighted by atomic mass is 16.6. The van der Waals surface area contributed by atoms with E-state index < -0.39 is 4.92 Å². The van der Waals surface area contributed by atoms with Crippen molar-refractivity contribution in [3.8, 4) is 0 Å². The summed E-state index contributed by atoms with van der Waals surface area (Å²) >= 11 is 0. The summed E-state index contributed by atoms with van der Waals surface area (Å²) < 4.78 is 0. The number of nitrogens with zero attached hydrogens (tertiary/aromatic N) is 1. The predicted molar refractivity (Wildman–Crippen MR) is 80.8 cm³/mol. The van der Waals surface area contributed by atoms with Crippen LogP contribution in [0.1, 0.15) is 30.0 Å². The van der Waals surface area contributed by atoms with Gasteiger partial charge in [-0.15, -0.1) is 0 Å². The fraction of sp³-hybridized carbons (Fsp3) is 0.250. The van der Waals surface area contributed by atoms with Crippen LogP contribution in [0, 0.1) is 10.1 Å². The van der Waals surface area contributed by atoms with Gasteiger partial charge in [-0.2, -0.15) is 0 Å². The zero-order valence-electron chi connectivity index (χ0n) is 11.5. The number of anilines is 1. The van der Waals surface area contributed by atoms with Gasteiger partial charge in [0.15, 0.2) is 0 Å². The number of hydrogen-bond acceptors (Lipinski definition) is 3. The Kier molecular flexibility index (Phi) is 4.35. The summed E-state index contributed by atoms with van der Waals surface area (Å²) in [5.74, 6) is 0. The Balaban J connectivity index is 2.40. The van der Waals surface area contributed by atoms with Gasteiger partial charge in [0, 0.05) is 6.07 Å². The van der Waals surface area contributed by atoms with Crippen molar-refractivity contribution in [1.82, 2.24) is 0 Å². The molecule has 0 radical (unpaired) electrons. The lowest BCUT2D eigenvalue weighted by atomic mass is 9.98. The van der Waals surface area contributed by atoms with Crippen LogP contribution in [-0.4, -0.2) is 4.92 Å². The third kappa shape index (κ3) is 3.15. The van der Waals surface area contributed by atoms with Crippen LogP contribution in [0.3, 0.4) is 0 Å². The van der Waals surface area contributed by atoms with Crippen LogP contribution >= 0.6 is 0 Å². The Morgan fingerprint density at radius 2 is 1.85 bits per heavy atom. The van der Waals surface area contributed by atoms with Crippen LogP contribution in [0.5, 0.6) is 0 Å². The van der Waals surface area contributed by atoms with E-state index >= 15 is 0 Å². The van der Waals surface area contributed by atoms with E-state index in [1.165, 1.54) is 0 Å². The van der Waals surface area contributed by atoms with Crippen LogP contribution in [0.2, 0.25) is 0 Å². The molecule has 0 spiro atoms. The number of nitrogen functional groups attached to an aromatic ring is 1. The van der Waals surface area contributed by atoms with Crippen LogP contribution in [-0.2, 0) is 12.8 Å². The molecule has 0 saturated carbocycles. The van der Waals surface area contributed by atoms with E-state index in [1.807, 2.05) is 43.3 Å². The van der Waals surface area contributed by atoms with Crippen molar-refractivity contribution in [2.24, 2.45) is 0 Å². The first-order valence-electron chi connectivity index (χ1n) is 6.71. The van der Waals surface area contributed by atoms with Crippen molar-refractivity contribution in [2.75, 3.05) is 5.73 Å². The van der Waals surface area contributed by atoms with Gasteiger partial charge in [0.05, 0.1) is 4.92 Å². The average Bonchev–Trinajstić information content (AvgIpc) is 2.43. The lowest BCUT2D eigenvalue weighted by molar-refractivity contribution is -0.384. The molecule has 2 rings (SSSR count). The zero-order chi connectivity index (χ0) is 14.5. The first kappa shape index (κ1) is 14.1. The molecule has 0 amide bonds. The molecule has 0 atom stereocenters. The maximum atomic E-state index is 11.1. The molecule has 2 N–H and O–H groups in total. The molecule has 0 heterocycles. The molecule has 0 aliphatic carbocycles. The molecule has 4 nitrogen and oxygen atoms in total. The lowest BCUT2D eigenvalue weighted by Crippen LogP contribution is -2.03. The van der Waals surface area contributed by atoms with E-state index in [1.54, 1.807) is 6.07 Å². The minimum atomic E-state index is -0.400. The van der Waals surface area contributed by atoms with E-state index in [9.17, 15) is 10.1 Å². The first-order chi connectivity index (χ1) is 9.61. The molecule has 20 heavy (non-hydrogen) atoms. The molecule has 4 heteroatoms. The van der Waals surface area contributed by atoms with Gasteiger partial charge in [-0.1, -0.05) is 49.7 Å². The molecule has 0 fully saturated rings. The van der Waals surface area contributed by atoms with Crippen LogP contribution in [0.4, 0.5) is 11.4 Å². The van der Waals surface area contributed by atoms with Crippen molar-refractivity contribution in [3.63, 3.8) is 0 Å². The normalized spacial score (nSPS) is 10.4. The predicted octanol–water partition coefficient (Wildman–Crippen LogP) is 3.72. The van der Waals surface area contributed by atoms with Gasteiger partial charge in [-0.3, -0.25) is 10.1 Å². The Bertz CT molecular complexity index is 609. The van der Waals surface area contributed by atoms with Crippen molar-refractivity contribution in [2.45, 2.75) is 26.2 Å². The third-order valence-electron chi connectivity index (χ3n) is 3.27. The quantitative estimate of drug-likeness (QED) is 0.511. The van der Waals surface area contributed by atoms with Crippen molar-refractivity contribution in [3.05, 3.63) is 69.3 Å². The van der Waals surface area contributed by atoms with Crippen molar-refractivity contribution < 1.29 is 4.92 Å². The van der Waals surface area contributed by atoms with Crippen molar-refractivity contribution >= 4 is 11.4 Å². The monoisotopic (exact) mass is 270 g/mol. The number of nitro groups is 1. The maximum absolute atomic E-state index is 11.1. The second kappa shape index (κ2) is 6.19. The molecule has 0 saturated heterocycles. The lowest BCUT2D eigenvalue weighted by Gasteiger charge is -2.09. The number of rotatable bonds is 5. The fourth-order valence-corrected chi connectivity index (χ4v) is 2.32. The van der Waals surface area contributed by atoms with Gasteiger partial charge in [0.2, 0.25) is 0 Å². The SMILES string of the molecule is CCCc1cc(Cc2ccccc2)cc([N+](=O)[O-])c1N. The summed E-state index contributed by atoms with van der Waals surface area (Å²) in [7, 11) is 0. The summed E-state index contributed by atoms with van der Waals surface area (Å²) in [4.78, 5) is 10.7. The van der Waals surface area contributed by atoms with Gasteiger partial charge in [-0.05, 0) is 29.5 Å². The van der Waals surface area contributed by atoms with Gasteiger partial charge in [0.25, 0.3) is 5.69 Å². The number of nitrogens with two attached hydrogens (primary N) is 1. The highest BCUT2D eigenvalue weighted by molar-refractivity contribution is 5.65. The van der Waals surface area contributed by atoms with E-state index in [4.69, 9.17) is 5.73 Å². The van der Waals surface area contributed by atoms with Gasteiger partial charge < -0.3 is 5.73 Å². The number of hydrogen-bond donors (Lipinski definition) is 1. The Labute approximate surface area is 118 Å². The van der Waals surface area contributed by atoms with Gasteiger partial charge in [0.1, 0.15) is 5.69 Å². The Morgan fingerprint density at radius 3 is 2.45 bits per heavy atom. The summed E-state index contributed by atoms with van der Waals surface area (Å²) in [5.41, 5.74) is 9.14. The third-order valence-corrected chi connectivity index (χ3v) is 3.27. The minimum absolute atomic E-state index is 0.0156. The largest absolute Gasteiger partial charge is 0.393 e. The molecule has 0 aromatic heterocycles. The molecule has 0 bridgehead atoms.